The SMILES string of the molecule is CN1CCN(c2ccc(Nc3ncc4c(=O)n5n(c4n3)-c3ccc4c(c3)N(CCC/C=C\C5)C(=O)CO4)cc2CO)CC1. The van der Waals surface area contributed by atoms with Crippen molar-refractivity contribution in [3.05, 3.63) is 70.7 Å². The molecule has 12 nitrogen and oxygen atoms in total. The normalized spacial score (nSPS) is 18.0. The topological polar surface area (TPSA) is 121 Å². The van der Waals surface area contributed by atoms with E-state index >= 15 is 0 Å². The molecule has 4 aromatic rings. The third kappa shape index (κ3) is 5.02. The van der Waals surface area contributed by atoms with Crippen LogP contribution in [-0.4, -0.2) is 81.6 Å². The van der Waals surface area contributed by atoms with E-state index in [0.717, 1.165) is 56.0 Å². The van der Waals surface area contributed by atoms with Crippen LogP contribution in [-0.2, 0) is 17.9 Å². The maximum atomic E-state index is 13.6. The first kappa shape index (κ1) is 27.2. The molecular formula is C31H34N8O4. The number of fused-ring (bicyclic) bond motifs is 5. The minimum Gasteiger partial charge on any atom is -0.482 e. The summed E-state index contributed by atoms with van der Waals surface area (Å²) in [7, 11) is 2.12. The molecule has 2 aromatic carbocycles. The number of amides is 1. The van der Waals surface area contributed by atoms with Gasteiger partial charge in [-0.3, -0.25) is 9.59 Å². The molecule has 0 saturated carbocycles. The molecule has 12 heteroatoms. The molecule has 2 bridgehead atoms. The van der Waals surface area contributed by atoms with Crippen molar-refractivity contribution in [3.8, 4) is 11.4 Å². The van der Waals surface area contributed by atoms with Crippen LogP contribution in [0.5, 0.6) is 5.75 Å². The maximum Gasteiger partial charge on any atom is 0.278 e. The number of ether oxygens (including phenoxy) is 1. The Morgan fingerprint density at radius 3 is 2.70 bits per heavy atom. The summed E-state index contributed by atoms with van der Waals surface area (Å²) in [5, 5.41) is 13.8. The number of rotatable bonds is 4. The highest BCUT2D eigenvalue weighted by molar-refractivity contribution is 5.98. The molecule has 0 unspecified atom stereocenters. The fraction of sp³-hybridized carbons (Fsp3) is 0.355. The Bertz CT molecular complexity index is 1790. The third-order valence-corrected chi connectivity index (χ3v) is 8.35. The zero-order valence-corrected chi connectivity index (χ0v) is 24.1. The number of nitrogens with zero attached hydrogens (tertiary/aromatic N) is 7. The third-order valence-electron chi connectivity index (χ3n) is 8.35. The van der Waals surface area contributed by atoms with E-state index in [4.69, 9.17) is 9.72 Å². The summed E-state index contributed by atoms with van der Waals surface area (Å²) in [4.78, 5) is 42.0. The van der Waals surface area contributed by atoms with Gasteiger partial charge in [-0.25, -0.2) is 14.3 Å². The molecule has 2 N–H and O–H groups in total. The van der Waals surface area contributed by atoms with Crippen LogP contribution in [0.25, 0.3) is 16.7 Å². The number of carbonyl (C=O) groups is 1. The number of likely N-dealkylation sites (N-methyl/N-ethyl adjacent to an activating group) is 1. The first-order valence-corrected chi connectivity index (χ1v) is 14.7. The van der Waals surface area contributed by atoms with Crippen molar-refractivity contribution in [1.29, 1.82) is 0 Å². The summed E-state index contributed by atoms with van der Waals surface area (Å²) in [5.41, 5.74) is 4.19. The fourth-order valence-corrected chi connectivity index (χ4v) is 6.02. The van der Waals surface area contributed by atoms with Crippen molar-refractivity contribution >= 4 is 40.0 Å². The Labute approximate surface area is 248 Å². The zero-order valence-electron chi connectivity index (χ0n) is 24.1. The number of aliphatic hydroxyl groups excluding tert-OH is 1. The van der Waals surface area contributed by atoms with Gasteiger partial charge in [0.05, 0.1) is 24.5 Å². The zero-order chi connectivity index (χ0) is 29.5. The molecule has 0 spiro atoms. The highest BCUT2D eigenvalue weighted by atomic mass is 16.5. The summed E-state index contributed by atoms with van der Waals surface area (Å²) >= 11 is 0. The molecule has 0 atom stereocenters. The van der Waals surface area contributed by atoms with Gasteiger partial charge in [0.15, 0.2) is 12.3 Å². The van der Waals surface area contributed by atoms with E-state index in [1.54, 1.807) is 20.5 Å². The number of nitrogens with one attached hydrogen (secondary N) is 1. The number of benzene rings is 2. The summed E-state index contributed by atoms with van der Waals surface area (Å²) < 4.78 is 9.13. The van der Waals surface area contributed by atoms with Crippen LogP contribution in [0.4, 0.5) is 23.0 Å². The van der Waals surface area contributed by atoms with Crippen LogP contribution >= 0.6 is 0 Å². The van der Waals surface area contributed by atoms with Gasteiger partial charge in [0.2, 0.25) is 5.95 Å². The second-order valence-electron chi connectivity index (χ2n) is 11.1. The quantitative estimate of drug-likeness (QED) is 0.350. The second-order valence-corrected chi connectivity index (χ2v) is 11.1. The molecule has 43 heavy (non-hydrogen) atoms. The first-order chi connectivity index (χ1) is 21.0. The number of hydrogen-bond donors (Lipinski definition) is 2. The number of aliphatic hydroxyl groups is 1. The van der Waals surface area contributed by atoms with E-state index in [1.807, 2.05) is 48.6 Å². The molecule has 1 fully saturated rings. The van der Waals surface area contributed by atoms with Gasteiger partial charge in [-0.1, -0.05) is 12.2 Å². The standard InChI is InChI=1S/C31H34N8O4/c1-35-12-14-36(15-13-35)25-8-6-22(16-21(25)19-40)33-31-32-18-24-29(34-31)39-23-7-9-27-26(17-23)37(28(41)20-43-27)10-4-2-3-5-11-38(39)30(24)42/h3,5-9,16-18,40H,2,4,10-15,19-20H2,1H3,(H,32,33,34)/b5-3-. The van der Waals surface area contributed by atoms with E-state index in [2.05, 4.69) is 27.1 Å². The molecule has 0 aliphatic carbocycles. The van der Waals surface area contributed by atoms with Gasteiger partial charge in [-0.05, 0) is 56.3 Å². The lowest BCUT2D eigenvalue weighted by molar-refractivity contribution is -0.121. The number of anilines is 4. The molecule has 1 amide bonds. The van der Waals surface area contributed by atoms with E-state index in [9.17, 15) is 14.7 Å². The largest absolute Gasteiger partial charge is 0.482 e. The fourth-order valence-electron chi connectivity index (χ4n) is 6.02. The van der Waals surface area contributed by atoms with E-state index in [-0.39, 0.29) is 24.7 Å². The lowest BCUT2D eigenvalue weighted by atomic mass is 10.1. The molecule has 2 aromatic heterocycles. The summed E-state index contributed by atoms with van der Waals surface area (Å²) in [5.74, 6) is 0.873. The highest BCUT2D eigenvalue weighted by Gasteiger charge is 2.27. The van der Waals surface area contributed by atoms with Crippen LogP contribution in [0.15, 0.2) is 59.5 Å². The summed E-state index contributed by atoms with van der Waals surface area (Å²) in [6.07, 6.45) is 7.15. The number of hydrogen-bond acceptors (Lipinski definition) is 9. The van der Waals surface area contributed by atoms with Crippen molar-refractivity contribution < 1.29 is 14.6 Å². The number of allylic oxidation sites excluding steroid dienone is 2. The van der Waals surface area contributed by atoms with Gasteiger partial charge < -0.3 is 29.9 Å². The summed E-state index contributed by atoms with van der Waals surface area (Å²) in [6, 6.07) is 11.5. The minimum atomic E-state index is -0.204. The molecule has 3 aliphatic rings. The van der Waals surface area contributed by atoms with Crippen LogP contribution in [0.3, 0.4) is 0 Å². The van der Waals surface area contributed by atoms with Gasteiger partial charge in [-0.2, -0.15) is 4.98 Å². The number of aromatic nitrogens is 4. The maximum absolute atomic E-state index is 13.6. The molecule has 0 radical (unpaired) electrons. The predicted molar refractivity (Wildman–Crippen MR) is 165 cm³/mol. The first-order valence-electron chi connectivity index (χ1n) is 14.7. The average molecular weight is 583 g/mol. The molecule has 7 rings (SSSR count). The Morgan fingerprint density at radius 2 is 1.86 bits per heavy atom. The Kier molecular flexibility index (Phi) is 7.07. The van der Waals surface area contributed by atoms with Crippen LogP contribution < -0.4 is 25.4 Å². The molecule has 1 saturated heterocycles. The Morgan fingerprint density at radius 1 is 1.00 bits per heavy atom. The van der Waals surface area contributed by atoms with E-state index < -0.39 is 0 Å². The van der Waals surface area contributed by atoms with Gasteiger partial charge in [0.1, 0.15) is 11.1 Å². The lowest BCUT2D eigenvalue weighted by Gasteiger charge is -2.35. The number of piperazine rings is 1. The Balaban J connectivity index is 1.28. The number of carbonyl (C=O) groups excluding carboxylic acids is 1. The lowest BCUT2D eigenvalue weighted by Crippen LogP contribution is -2.44. The molecule has 222 valence electrons. The van der Waals surface area contributed by atoms with Crippen molar-refractivity contribution in [2.45, 2.75) is 26.0 Å². The minimum absolute atomic E-state index is 0.00987. The monoisotopic (exact) mass is 582 g/mol. The summed E-state index contributed by atoms with van der Waals surface area (Å²) in [6.45, 7) is 4.62. The highest BCUT2D eigenvalue weighted by Crippen LogP contribution is 2.35. The van der Waals surface area contributed by atoms with Gasteiger partial charge >= 0.3 is 0 Å². The molecule has 5 heterocycles. The van der Waals surface area contributed by atoms with Crippen LogP contribution in [0.2, 0.25) is 0 Å². The van der Waals surface area contributed by atoms with Crippen molar-refractivity contribution in [2.24, 2.45) is 0 Å². The van der Waals surface area contributed by atoms with Gasteiger partial charge in [0, 0.05) is 55.9 Å². The molecule has 3 aliphatic heterocycles. The van der Waals surface area contributed by atoms with Crippen LogP contribution in [0.1, 0.15) is 18.4 Å². The van der Waals surface area contributed by atoms with Crippen LogP contribution in [0, 0.1) is 0 Å². The van der Waals surface area contributed by atoms with Gasteiger partial charge in [-0.15, -0.1) is 0 Å². The van der Waals surface area contributed by atoms with Crippen molar-refractivity contribution in [1.82, 2.24) is 24.2 Å². The van der Waals surface area contributed by atoms with E-state index in [1.165, 1.54) is 0 Å². The van der Waals surface area contributed by atoms with E-state index in [0.29, 0.717) is 47.2 Å². The van der Waals surface area contributed by atoms with Crippen molar-refractivity contribution in [3.63, 3.8) is 0 Å². The van der Waals surface area contributed by atoms with Crippen molar-refractivity contribution in [2.75, 3.05) is 61.5 Å². The molecular weight excluding hydrogens is 548 g/mol. The smallest absolute Gasteiger partial charge is 0.278 e. The Hall–Kier alpha value is -4.68. The van der Waals surface area contributed by atoms with Gasteiger partial charge in [0.25, 0.3) is 11.5 Å². The average Bonchev–Trinajstić information content (AvgIpc) is 3.29. The second kappa shape index (κ2) is 11.2. The predicted octanol–water partition coefficient (Wildman–Crippen LogP) is 2.65.